The number of fused-ring (bicyclic) bond motifs is 3. The summed E-state index contributed by atoms with van der Waals surface area (Å²) in [5.74, 6) is -6.41. The van der Waals surface area contributed by atoms with Crippen molar-refractivity contribution in [3.63, 3.8) is 0 Å². The van der Waals surface area contributed by atoms with Crippen LogP contribution in [0.2, 0.25) is 0 Å². The summed E-state index contributed by atoms with van der Waals surface area (Å²) in [5.41, 5.74) is 1.85. The van der Waals surface area contributed by atoms with Crippen molar-refractivity contribution in [2.75, 3.05) is 20.8 Å². The molecule has 4 rings (SSSR count). The van der Waals surface area contributed by atoms with Crippen LogP contribution in [0, 0.1) is 29.6 Å². The fourth-order valence-corrected chi connectivity index (χ4v) is 9.37. The molecule has 0 aromatic heterocycles. The van der Waals surface area contributed by atoms with Crippen LogP contribution in [0.3, 0.4) is 0 Å². The number of esters is 1. The number of nitrogens with zero attached hydrogens (tertiary/aromatic N) is 1. The predicted molar refractivity (Wildman–Crippen MR) is 207 cm³/mol. The van der Waals surface area contributed by atoms with E-state index in [1.807, 2.05) is 26.8 Å². The number of Topliss-reactive ketones (excluding diaryl/α,β-unsaturated/α-hetero) is 2. The average Bonchev–Trinajstić information content (AvgIpc) is 3.15. The number of rotatable bonds is 6. The van der Waals surface area contributed by atoms with Gasteiger partial charge in [-0.2, -0.15) is 0 Å². The standard InChI is InChI=1S/C43H69NO11/c1-9-12-31-20-25(2)19-26(3)21-36(52-7)39-37(53-8)23-29(6)43(51,55-39)40(48)41(49)44-18-11-10-13-32(44)42(50)54-38(27(4)14-16-33(31)45)28(5)22-30-15-17-34(46)35(47)24-30/h20,22,26-27,29-32,34-39,46-47,51H,9-19,21,23-24H2,1-8H3/b25-20-,28-22+. The highest BCUT2D eigenvalue weighted by Gasteiger charge is 2.56. The lowest BCUT2D eigenvalue weighted by Gasteiger charge is -2.47. The zero-order valence-corrected chi connectivity index (χ0v) is 34.5. The van der Waals surface area contributed by atoms with Crippen molar-refractivity contribution in [3.8, 4) is 0 Å². The van der Waals surface area contributed by atoms with Crippen LogP contribution in [-0.4, -0.2) is 113 Å². The molecule has 0 aromatic rings. The van der Waals surface area contributed by atoms with Crippen molar-refractivity contribution in [2.24, 2.45) is 29.6 Å². The number of methoxy groups -OCH3 is 2. The minimum atomic E-state index is -2.47. The van der Waals surface area contributed by atoms with Crippen LogP contribution in [0.5, 0.6) is 0 Å². The van der Waals surface area contributed by atoms with Crippen molar-refractivity contribution in [1.82, 2.24) is 4.90 Å². The number of carbonyl (C=O) groups is 4. The third-order valence-electron chi connectivity index (χ3n) is 12.6. The van der Waals surface area contributed by atoms with Crippen molar-refractivity contribution >= 4 is 23.4 Å². The lowest BCUT2D eigenvalue weighted by molar-refractivity contribution is -0.302. The van der Waals surface area contributed by atoms with Crippen molar-refractivity contribution < 1.29 is 53.4 Å². The summed E-state index contributed by atoms with van der Waals surface area (Å²) in [7, 11) is 3.10. The van der Waals surface area contributed by atoms with Crippen molar-refractivity contribution in [3.05, 3.63) is 23.3 Å². The Hall–Kier alpha value is -2.48. The summed E-state index contributed by atoms with van der Waals surface area (Å²) in [6.45, 7) is 11.8. The number of carbonyl (C=O) groups excluding carboxylic acids is 4. The van der Waals surface area contributed by atoms with Crippen LogP contribution in [-0.2, 0) is 38.1 Å². The molecule has 13 unspecified atom stereocenters. The molecule has 55 heavy (non-hydrogen) atoms. The molecule has 1 amide bonds. The maximum Gasteiger partial charge on any atom is 0.329 e. The third kappa shape index (κ3) is 11.1. The number of amides is 1. The third-order valence-corrected chi connectivity index (χ3v) is 12.6. The van der Waals surface area contributed by atoms with E-state index in [0.717, 1.165) is 17.6 Å². The molecule has 12 nitrogen and oxygen atoms in total. The zero-order valence-electron chi connectivity index (χ0n) is 34.5. The van der Waals surface area contributed by atoms with E-state index in [-0.39, 0.29) is 48.8 Å². The zero-order chi connectivity index (χ0) is 40.6. The van der Waals surface area contributed by atoms with E-state index in [1.54, 1.807) is 21.1 Å². The first kappa shape index (κ1) is 45.2. The molecule has 0 radical (unpaired) electrons. The fourth-order valence-electron chi connectivity index (χ4n) is 9.37. The highest BCUT2D eigenvalue weighted by atomic mass is 16.7. The molecule has 2 bridgehead atoms. The molecular weight excluding hydrogens is 706 g/mol. The monoisotopic (exact) mass is 775 g/mol. The summed E-state index contributed by atoms with van der Waals surface area (Å²) >= 11 is 0. The second kappa shape index (κ2) is 20.3. The van der Waals surface area contributed by atoms with Crippen LogP contribution in [0.1, 0.15) is 125 Å². The largest absolute Gasteiger partial charge is 0.456 e. The van der Waals surface area contributed by atoms with E-state index >= 15 is 0 Å². The highest BCUT2D eigenvalue weighted by molar-refractivity contribution is 6.39. The molecule has 12 heteroatoms. The van der Waals surface area contributed by atoms with Gasteiger partial charge < -0.3 is 39.2 Å². The molecule has 3 fully saturated rings. The van der Waals surface area contributed by atoms with Crippen LogP contribution in [0.25, 0.3) is 0 Å². The Morgan fingerprint density at radius 2 is 1.65 bits per heavy atom. The van der Waals surface area contributed by atoms with Gasteiger partial charge in [0.15, 0.2) is 0 Å². The van der Waals surface area contributed by atoms with Gasteiger partial charge in [0.2, 0.25) is 5.79 Å². The summed E-state index contributed by atoms with van der Waals surface area (Å²) < 4.78 is 24.3. The van der Waals surface area contributed by atoms with Gasteiger partial charge in [0, 0.05) is 39.0 Å². The molecule has 0 spiro atoms. The second-order valence-electron chi connectivity index (χ2n) is 17.2. The van der Waals surface area contributed by atoms with E-state index in [0.29, 0.717) is 64.2 Å². The second-order valence-corrected chi connectivity index (χ2v) is 17.2. The Labute approximate surface area is 328 Å². The minimum absolute atomic E-state index is 0.0386. The Balaban J connectivity index is 1.74. The molecule has 3 N–H and O–H groups in total. The van der Waals surface area contributed by atoms with Crippen LogP contribution < -0.4 is 0 Å². The van der Waals surface area contributed by atoms with Gasteiger partial charge in [0.25, 0.3) is 11.7 Å². The predicted octanol–water partition coefficient (Wildman–Crippen LogP) is 5.24. The number of ketones is 2. The topological polar surface area (TPSA) is 169 Å². The van der Waals surface area contributed by atoms with Gasteiger partial charge in [0.05, 0.1) is 24.4 Å². The fraction of sp³-hybridized carbons (Fsp3) is 0.814. The lowest BCUT2D eigenvalue weighted by atomic mass is 9.82. The van der Waals surface area contributed by atoms with Gasteiger partial charge >= 0.3 is 5.97 Å². The molecule has 13 atom stereocenters. The summed E-state index contributed by atoms with van der Waals surface area (Å²) in [6, 6.07) is -1.06. The number of aliphatic hydroxyl groups excluding tert-OH is 2. The molecule has 3 aliphatic heterocycles. The first-order chi connectivity index (χ1) is 26.0. The number of hydrogen-bond acceptors (Lipinski definition) is 11. The van der Waals surface area contributed by atoms with Gasteiger partial charge in [-0.3, -0.25) is 14.4 Å². The first-order valence-electron chi connectivity index (χ1n) is 20.8. The van der Waals surface area contributed by atoms with Gasteiger partial charge in [-0.05, 0) is 108 Å². The average molecular weight is 776 g/mol. The minimum Gasteiger partial charge on any atom is -0.456 e. The van der Waals surface area contributed by atoms with Gasteiger partial charge in [-0.25, -0.2) is 4.79 Å². The molecule has 3 heterocycles. The maximum absolute atomic E-state index is 14.2. The number of piperidine rings is 1. The number of hydrogen-bond donors (Lipinski definition) is 3. The van der Waals surface area contributed by atoms with Crippen molar-refractivity contribution in [2.45, 2.75) is 173 Å². The van der Waals surface area contributed by atoms with E-state index < -0.39 is 72.0 Å². The van der Waals surface area contributed by atoms with Gasteiger partial charge in [0.1, 0.15) is 24.0 Å². The Bertz CT molecular complexity index is 1400. The van der Waals surface area contributed by atoms with Crippen LogP contribution in [0.4, 0.5) is 0 Å². The number of aliphatic hydroxyl groups is 3. The van der Waals surface area contributed by atoms with E-state index in [9.17, 15) is 34.5 Å². The molecule has 4 aliphatic rings. The lowest BCUT2D eigenvalue weighted by Crippen LogP contribution is -2.64. The molecule has 312 valence electrons. The maximum atomic E-state index is 14.2. The van der Waals surface area contributed by atoms with E-state index in [4.69, 9.17) is 18.9 Å². The summed E-state index contributed by atoms with van der Waals surface area (Å²) in [5, 5.41) is 32.5. The van der Waals surface area contributed by atoms with Gasteiger partial charge in [-0.1, -0.05) is 51.8 Å². The Morgan fingerprint density at radius 3 is 2.31 bits per heavy atom. The molecule has 2 saturated heterocycles. The van der Waals surface area contributed by atoms with E-state index in [1.165, 1.54) is 4.90 Å². The molecule has 1 aliphatic carbocycles. The molecule has 1 saturated carbocycles. The van der Waals surface area contributed by atoms with Crippen LogP contribution in [0.15, 0.2) is 23.3 Å². The normalized spacial score (nSPS) is 40.7. The smallest absolute Gasteiger partial charge is 0.329 e. The highest BCUT2D eigenvalue weighted by Crippen LogP contribution is 2.39. The van der Waals surface area contributed by atoms with Crippen molar-refractivity contribution in [1.29, 1.82) is 0 Å². The number of cyclic esters (lactones) is 1. The SMILES string of the molecule is CCCC1/C=C(/C)CC(C)CC(OC)C2OC(O)(C(=O)C(=O)N3CCCCC3C(=O)OC(/C(C)=C/C3CCC(O)C(O)C3)C(C)CCC1=O)C(C)CC2OC. The molecule has 0 aromatic carbocycles. The van der Waals surface area contributed by atoms with Gasteiger partial charge in [-0.15, -0.1) is 0 Å². The van der Waals surface area contributed by atoms with Crippen LogP contribution >= 0.6 is 0 Å². The Morgan fingerprint density at radius 1 is 0.964 bits per heavy atom. The number of ether oxygens (including phenoxy) is 4. The Kier molecular flexibility index (Phi) is 16.7. The number of allylic oxidation sites excluding steroid dienone is 3. The quantitative estimate of drug-likeness (QED) is 0.183. The summed E-state index contributed by atoms with van der Waals surface area (Å²) in [4.78, 5) is 57.7. The molecular formula is C43H69NO11. The summed E-state index contributed by atoms with van der Waals surface area (Å²) in [6.07, 6.45) is 6.50. The van der Waals surface area contributed by atoms with E-state index in [2.05, 4.69) is 19.9 Å². The first-order valence-corrected chi connectivity index (χ1v) is 20.8.